The molecule has 8 heteroatoms. The lowest BCUT2D eigenvalue weighted by molar-refractivity contribution is -0.137. The van der Waals surface area contributed by atoms with Crippen LogP contribution in [-0.2, 0) is 14.3 Å². The van der Waals surface area contributed by atoms with Crippen molar-refractivity contribution in [1.29, 1.82) is 0 Å². The minimum atomic E-state index is -0.676. The first-order chi connectivity index (χ1) is 13.0. The second-order valence-corrected chi connectivity index (χ2v) is 6.49. The van der Waals surface area contributed by atoms with Gasteiger partial charge in [0.25, 0.3) is 5.91 Å². The van der Waals surface area contributed by atoms with Crippen molar-refractivity contribution in [1.82, 2.24) is 10.1 Å². The Hall–Kier alpha value is -3.16. The Labute approximate surface area is 156 Å². The summed E-state index contributed by atoms with van der Waals surface area (Å²) in [6.07, 6.45) is 1.36. The molecule has 0 unspecified atom stereocenters. The zero-order valence-electron chi connectivity index (χ0n) is 15.0. The van der Waals surface area contributed by atoms with Crippen LogP contribution in [0.3, 0.4) is 0 Å². The maximum absolute atomic E-state index is 12.5. The Balaban J connectivity index is 1.66. The lowest BCUT2D eigenvalue weighted by Gasteiger charge is -2.31. The number of likely N-dealkylation sites (tertiary alicyclic amines) is 1. The topological polar surface area (TPSA) is 116 Å². The van der Waals surface area contributed by atoms with Gasteiger partial charge in [-0.2, -0.15) is 0 Å². The van der Waals surface area contributed by atoms with Crippen molar-refractivity contribution in [3.63, 3.8) is 0 Å². The Morgan fingerprint density at radius 1 is 1.30 bits per heavy atom. The van der Waals surface area contributed by atoms with E-state index in [2.05, 4.69) is 5.16 Å². The number of nitrogens with zero attached hydrogens (tertiary/aromatic N) is 2. The van der Waals surface area contributed by atoms with Crippen LogP contribution in [0.25, 0.3) is 11.3 Å². The van der Waals surface area contributed by atoms with Crippen LogP contribution in [0.4, 0.5) is 0 Å². The van der Waals surface area contributed by atoms with Crippen LogP contribution in [0.5, 0.6) is 0 Å². The SMILES string of the molecule is Cc1onc(-c2ccccc2)c1C(=O)OCC(=O)N1CCC[C@H](C(N)=O)C1. The number of carbonyl (C=O) groups excluding carboxylic acids is 3. The predicted octanol–water partition coefficient (Wildman–Crippen LogP) is 1.53. The molecule has 2 heterocycles. The average molecular weight is 371 g/mol. The smallest absolute Gasteiger partial charge is 0.344 e. The number of piperidine rings is 1. The van der Waals surface area contributed by atoms with Crippen molar-refractivity contribution < 1.29 is 23.6 Å². The number of nitrogens with two attached hydrogens (primary N) is 1. The average Bonchev–Trinajstić information content (AvgIpc) is 3.08. The number of ether oxygens (including phenoxy) is 1. The molecule has 0 aliphatic carbocycles. The van der Waals surface area contributed by atoms with Crippen molar-refractivity contribution in [2.24, 2.45) is 11.7 Å². The number of hydrogen-bond acceptors (Lipinski definition) is 6. The van der Waals surface area contributed by atoms with E-state index in [1.165, 1.54) is 4.90 Å². The normalized spacial score (nSPS) is 16.8. The second kappa shape index (κ2) is 8.03. The lowest BCUT2D eigenvalue weighted by atomic mass is 9.97. The molecule has 1 aromatic carbocycles. The highest BCUT2D eigenvalue weighted by molar-refractivity contribution is 5.98. The molecule has 1 saturated heterocycles. The van der Waals surface area contributed by atoms with Crippen LogP contribution in [0, 0.1) is 12.8 Å². The summed E-state index contributed by atoms with van der Waals surface area (Å²) in [6, 6.07) is 9.10. The Morgan fingerprint density at radius 3 is 2.74 bits per heavy atom. The first kappa shape index (κ1) is 18.6. The van der Waals surface area contributed by atoms with Gasteiger partial charge in [-0.1, -0.05) is 35.5 Å². The molecule has 2 N–H and O–H groups in total. The number of primary amides is 1. The third-order valence-corrected chi connectivity index (χ3v) is 4.62. The number of aryl methyl sites for hydroxylation is 1. The molecule has 1 aliphatic heterocycles. The maximum atomic E-state index is 12.5. The van der Waals surface area contributed by atoms with Crippen molar-refractivity contribution in [2.45, 2.75) is 19.8 Å². The monoisotopic (exact) mass is 371 g/mol. The molecule has 3 rings (SSSR count). The van der Waals surface area contributed by atoms with E-state index >= 15 is 0 Å². The van der Waals surface area contributed by atoms with E-state index < -0.39 is 18.5 Å². The molecule has 0 bridgehead atoms. The fraction of sp³-hybridized carbons (Fsp3) is 0.368. The highest BCUT2D eigenvalue weighted by Gasteiger charge is 2.28. The zero-order valence-corrected chi connectivity index (χ0v) is 15.0. The van der Waals surface area contributed by atoms with E-state index in [4.69, 9.17) is 15.0 Å². The molecule has 0 radical (unpaired) electrons. The molecule has 27 heavy (non-hydrogen) atoms. The largest absolute Gasteiger partial charge is 0.452 e. The van der Waals surface area contributed by atoms with E-state index in [-0.39, 0.29) is 23.9 Å². The Bertz CT molecular complexity index is 846. The molecule has 1 fully saturated rings. The number of esters is 1. The van der Waals surface area contributed by atoms with E-state index in [0.717, 1.165) is 0 Å². The third kappa shape index (κ3) is 4.16. The van der Waals surface area contributed by atoms with Crippen LogP contribution >= 0.6 is 0 Å². The summed E-state index contributed by atoms with van der Waals surface area (Å²) in [4.78, 5) is 37.7. The van der Waals surface area contributed by atoms with Gasteiger partial charge in [-0.15, -0.1) is 0 Å². The van der Waals surface area contributed by atoms with Crippen LogP contribution in [0.15, 0.2) is 34.9 Å². The predicted molar refractivity (Wildman–Crippen MR) is 95.5 cm³/mol. The molecular weight excluding hydrogens is 350 g/mol. The molecular formula is C19H21N3O5. The number of aromatic nitrogens is 1. The molecule has 142 valence electrons. The molecule has 2 amide bonds. The lowest BCUT2D eigenvalue weighted by Crippen LogP contribution is -2.45. The zero-order chi connectivity index (χ0) is 19.4. The summed E-state index contributed by atoms with van der Waals surface area (Å²) >= 11 is 0. The van der Waals surface area contributed by atoms with Crippen molar-refractivity contribution in [3.05, 3.63) is 41.7 Å². The highest BCUT2D eigenvalue weighted by Crippen LogP contribution is 2.25. The van der Waals surface area contributed by atoms with Gasteiger partial charge in [0.2, 0.25) is 5.91 Å². The molecule has 1 atom stereocenters. The summed E-state index contributed by atoms with van der Waals surface area (Å²) < 4.78 is 10.3. The van der Waals surface area contributed by atoms with Gasteiger partial charge in [0.15, 0.2) is 6.61 Å². The van der Waals surface area contributed by atoms with Gasteiger partial charge in [-0.25, -0.2) is 4.79 Å². The summed E-state index contributed by atoms with van der Waals surface area (Å²) in [7, 11) is 0. The van der Waals surface area contributed by atoms with Gasteiger partial charge < -0.3 is 19.9 Å². The van der Waals surface area contributed by atoms with Gasteiger partial charge in [0, 0.05) is 18.7 Å². The van der Waals surface area contributed by atoms with Crippen LogP contribution in [0.2, 0.25) is 0 Å². The molecule has 2 aromatic rings. The quantitative estimate of drug-likeness (QED) is 0.797. The molecule has 1 aliphatic rings. The Kier molecular flexibility index (Phi) is 5.54. The molecule has 8 nitrogen and oxygen atoms in total. The minimum absolute atomic E-state index is 0.197. The summed E-state index contributed by atoms with van der Waals surface area (Å²) in [5, 5.41) is 3.93. The fourth-order valence-corrected chi connectivity index (χ4v) is 3.13. The highest BCUT2D eigenvalue weighted by atomic mass is 16.5. The van der Waals surface area contributed by atoms with E-state index in [1.807, 2.05) is 18.2 Å². The summed E-state index contributed by atoms with van der Waals surface area (Å²) in [5.74, 6) is -1.49. The summed E-state index contributed by atoms with van der Waals surface area (Å²) in [6.45, 7) is 1.97. The number of benzene rings is 1. The van der Waals surface area contributed by atoms with Crippen LogP contribution < -0.4 is 5.73 Å². The maximum Gasteiger partial charge on any atom is 0.344 e. The van der Waals surface area contributed by atoms with Gasteiger partial charge in [-0.05, 0) is 19.8 Å². The number of rotatable bonds is 5. The van der Waals surface area contributed by atoms with E-state index in [9.17, 15) is 14.4 Å². The number of carbonyl (C=O) groups is 3. The molecule has 0 spiro atoms. The summed E-state index contributed by atoms with van der Waals surface area (Å²) in [5.41, 5.74) is 6.61. The van der Waals surface area contributed by atoms with E-state index in [0.29, 0.717) is 36.4 Å². The van der Waals surface area contributed by atoms with Gasteiger partial charge in [-0.3, -0.25) is 9.59 Å². The van der Waals surface area contributed by atoms with Crippen molar-refractivity contribution in [3.8, 4) is 11.3 Å². The standard InChI is InChI=1S/C19H21N3O5/c1-12-16(17(21-27-12)13-6-3-2-4-7-13)19(25)26-11-15(23)22-9-5-8-14(10-22)18(20)24/h2-4,6-7,14H,5,8-11H2,1H3,(H2,20,24)/t14-/m0/s1. The second-order valence-electron chi connectivity index (χ2n) is 6.49. The van der Waals surface area contributed by atoms with Crippen molar-refractivity contribution >= 4 is 17.8 Å². The first-order valence-electron chi connectivity index (χ1n) is 8.73. The Morgan fingerprint density at radius 2 is 2.04 bits per heavy atom. The number of hydrogen-bond donors (Lipinski definition) is 1. The molecule has 0 saturated carbocycles. The third-order valence-electron chi connectivity index (χ3n) is 4.62. The fourth-order valence-electron chi connectivity index (χ4n) is 3.13. The number of amides is 2. The van der Waals surface area contributed by atoms with Crippen molar-refractivity contribution in [2.75, 3.05) is 19.7 Å². The van der Waals surface area contributed by atoms with Gasteiger partial charge in [0.1, 0.15) is 17.0 Å². The van der Waals surface area contributed by atoms with Gasteiger partial charge >= 0.3 is 5.97 Å². The molecule has 1 aromatic heterocycles. The van der Waals surface area contributed by atoms with Crippen LogP contribution in [-0.4, -0.2) is 47.5 Å². The van der Waals surface area contributed by atoms with E-state index in [1.54, 1.807) is 19.1 Å². The van der Waals surface area contributed by atoms with Crippen LogP contribution in [0.1, 0.15) is 29.0 Å². The first-order valence-corrected chi connectivity index (χ1v) is 8.73. The minimum Gasteiger partial charge on any atom is -0.452 e. The van der Waals surface area contributed by atoms with Gasteiger partial charge in [0.05, 0.1) is 5.92 Å².